The van der Waals surface area contributed by atoms with Gasteiger partial charge in [0.25, 0.3) is 11.8 Å². The highest BCUT2D eigenvalue weighted by Crippen LogP contribution is 2.28. The first-order valence-electron chi connectivity index (χ1n) is 11.4. The number of thiol groups is 1. The number of esters is 2. The molecular weight excluding hydrogens is 504 g/mol. The molecule has 3 rings (SSSR count). The van der Waals surface area contributed by atoms with Crippen molar-refractivity contribution in [2.45, 2.75) is 20.4 Å². The van der Waals surface area contributed by atoms with Crippen LogP contribution in [0.15, 0.2) is 36.4 Å². The van der Waals surface area contributed by atoms with Crippen LogP contribution in [0.5, 0.6) is 11.5 Å². The van der Waals surface area contributed by atoms with Crippen molar-refractivity contribution in [1.29, 1.82) is 0 Å². The Balaban J connectivity index is 1.77. The summed E-state index contributed by atoms with van der Waals surface area (Å²) < 4.78 is 22.8. The zero-order valence-corrected chi connectivity index (χ0v) is 21.2. The molecule has 37 heavy (non-hydrogen) atoms. The molecule has 0 aliphatic carbocycles. The average molecular weight is 531 g/mol. The van der Waals surface area contributed by atoms with Gasteiger partial charge in [-0.2, -0.15) is 0 Å². The Morgan fingerprint density at radius 3 is 2.27 bits per heavy atom. The lowest BCUT2D eigenvalue weighted by Crippen LogP contribution is -2.30. The Labute approximate surface area is 218 Å². The first-order chi connectivity index (χ1) is 17.8. The number of benzene rings is 2. The molecule has 0 bridgehead atoms. The van der Waals surface area contributed by atoms with E-state index < -0.39 is 30.2 Å². The van der Waals surface area contributed by atoms with Crippen molar-refractivity contribution >= 4 is 42.4 Å². The van der Waals surface area contributed by atoms with E-state index >= 15 is 0 Å². The number of ketones is 1. The Bertz CT molecular complexity index is 1210. The van der Waals surface area contributed by atoms with Gasteiger partial charge in [0.1, 0.15) is 11.5 Å². The summed E-state index contributed by atoms with van der Waals surface area (Å²) in [6.07, 6.45) is 0. The summed E-state index contributed by atoms with van der Waals surface area (Å²) in [4.78, 5) is 62.6. The van der Waals surface area contributed by atoms with E-state index in [-0.39, 0.29) is 55.9 Å². The minimum absolute atomic E-state index is 0.0244. The van der Waals surface area contributed by atoms with Gasteiger partial charge in [0.05, 0.1) is 25.3 Å². The second kappa shape index (κ2) is 12.8. The molecule has 0 radical (unpaired) electrons. The van der Waals surface area contributed by atoms with E-state index in [0.717, 1.165) is 0 Å². The van der Waals surface area contributed by atoms with Gasteiger partial charge in [-0.05, 0) is 49.7 Å². The highest BCUT2D eigenvalue weighted by atomic mass is 32.1. The first-order valence-corrected chi connectivity index (χ1v) is 11.8. The Morgan fingerprint density at radius 1 is 0.946 bits per heavy atom. The van der Waals surface area contributed by atoms with Crippen molar-refractivity contribution in [3.05, 3.63) is 58.7 Å². The van der Waals surface area contributed by atoms with Gasteiger partial charge < -0.3 is 23.8 Å². The van der Waals surface area contributed by atoms with Crippen LogP contribution < -0.4 is 14.2 Å². The third kappa shape index (κ3) is 7.00. The summed E-state index contributed by atoms with van der Waals surface area (Å²) in [7, 11) is 0. The molecule has 0 aromatic heterocycles. The van der Waals surface area contributed by atoms with Gasteiger partial charge in [-0.25, -0.2) is 9.59 Å². The maximum Gasteiger partial charge on any atom is 0.344 e. The molecular formula is C25H26N2O9S. The number of nitrogens with one attached hydrogen (secondary N) is 1. The van der Waals surface area contributed by atoms with Gasteiger partial charge in [0.2, 0.25) is 0 Å². The van der Waals surface area contributed by atoms with E-state index in [4.69, 9.17) is 18.9 Å². The van der Waals surface area contributed by atoms with Crippen molar-refractivity contribution in [1.82, 2.24) is 9.62 Å². The van der Waals surface area contributed by atoms with Crippen molar-refractivity contribution in [2.75, 3.05) is 33.0 Å². The van der Waals surface area contributed by atoms with Crippen LogP contribution in [-0.2, 0) is 25.6 Å². The number of nitrogens with zero attached hydrogens (tertiary/aromatic N) is 1. The van der Waals surface area contributed by atoms with Crippen LogP contribution in [0.2, 0.25) is 0 Å². The molecule has 2 aromatic carbocycles. The Kier molecular flexibility index (Phi) is 9.50. The van der Waals surface area contributed by atoms with Gasteiger partial charge in [0, 0.05) is 23.7 Å². The second-order valence-corrected chi connectivity index (χ2v) is 7.97. The molecule has 0 fully saturated rings. The predicted octanol–water partition coefficient (Wildman–Crippen LogP) is 1.98. The molecule has 12 heteroatoms. The van der Waals surface area contributed by atoms with Gasteiger partial charge in [-0.3, -0.25) is 19.1 Å². The molecule has 0 unspecified atom stereocenters. The molecule has 2 aromatic rings. The number of Topliss-reactive ketones (excluding diaryl/α,β-unsaturated/α-hetero) is 1. The fraction of sp³-hybridized carbons (Fsp3) is 0.320. The molecule has 0 atom stereocenters. The zero-order chi connectivity index (χ0) is 26.9. The summed E-state index contributed by atoms with van der Waals surface area (Å²) in [6, 6.07) is 8.87. The molecule has 0 saturated heterocycles. The van der Waals surface area contributed by atoms with E-state index in [1.165, 1.54) is 35.2 Å². The fourth-order valence-corrected chi connectivity index (χ4v) is 3.73. The number of hydrogen-bond donors (Lipinski definition) is 2. The molecule has 11 nitrogen and oxygen atoms in total. The third-order valence-electron chi connectivity index (χ3n) is 5.25. The van der Waals surface area contributed by atoms with Crippen LogP contribution in [0, 0.1) is 0 Å². The number of carbonyl (C=O) groups excluding carboxylic acids is 5. The summed E-state index contributed by atoms with van der Waals surface area (Å²) in [5.74, 6) is -2.19. The largest absolute Gasteiger partial charge is 0.482 e. The quantitative estimate of drug-likeness (QED) is 0.240. The molecule has 1 aliphatic heterocycles. The van der Waals surface area contributed by atoms with Crippen molar-refractivity contribution in [2.24, 2.45) is 0 Å². The van der Waals surface area contributed by atoms with Crippen LogP contribution in [0.25, 0.3) is 0 Å². The van der Waals surface area contributed by atoms with E-state index in [1.54, 1.807) is 19.9 Å². The zero-order valence-electron chi connectivity index (χ0n) is 20.3. The average Bonchev–Trinajstić information content (AvgIpc) is 3.20. The van der Waals surface area contributed by atoms with Crippen molar-refractivity contribution < 1.29 is 42.9 Å². The van der Waals surface area contributed by atoms with Crippen LogP contribution in [0.4, 0.5) is 0 Å². The number of hydrogen-bond acceptors (Lipinski definition) is 10. The second-order valence-electron chi connectivity index (χ2n) is 7.74. The van der Waals surface area contributed by atoms with E-state index in [9.17, 15) is 24.0 Å². The number of fused-ring (bicyclic) bond motifs is 1. The van der Waals surface area contributed by atoms with Crippen molar-refractivity contribution in [3.8, 4) is 11.5 Å². The van der Waals surface area contributed by atoms with Crippen LogP contribution in [-0.4, -0.2) is 67.4 Å². The van der Waals surface area contributed by atoms with Crippen molar-refractivity contribution in [3.63, 3.8) is 0 Å². The minimum atomic E-state index is -0.634. The summed E-state index contributed by atoms with van der Waals surface area (Å²) in [6.45, 7) is 2.72. The molecule has 196 valence electrons. The monoisotopic (exact) mass is 530 g/mol. The highest BCUT2D eigenvalue weighted by molar-refractivity contribution is 7.78. The van der Waals surface area contributed by atoms with Gasteiger partial charge in [-0.1, -0.05) is 12.8 Å². The maximum atomic E-state index is 13.2. The number of carbonyl (C=O) groups is 5. The maximum absolute atomic E-state index is 13.2. The molecule has 0 saturated carbocycles. The molecule has 1 heterocycles. The number of amides is 2. The van der Waals surface area contributed by atoms with E-state index in [2.05, 4.69) is 17.5 Å². The highest BCUT2D eigenvalue weighted by Gasteiger charge is 2.30. The van der Waals surface area contributed by atoms with Crippen LogP contribution in [0.3, 0.4) is 0 Å². The Hall–Kier alpha value is -4.06. The van der Waals surface area contributed by atoms with E-state index in [0.29, 0.717) is 16.7 Å². The van der Waals surface area contributed by atoms with Gasteiger partial charge in [-0.15, -0.1) is 0 Å². The molecule has 2 amide bonds. The summed E-state index contributed by atoms with van der Waals surface area (Å²) >= 11 is 3.75. The molecule has 1 aliphatic rings. The molecule has 1 N–H and O–H groups in total. The smallest absolute Gasteiger partial charge is 0.344 e. The molecule has 0 spiro atoms. The fourth-order valence-electron chi connectivity index (χ4n) is 3.60. The standard InChI is InChI=1S/C25H26N2O9S/c1-3-33-22(29)13-35-17-6-8-19(21(10-17)36-14-23(30)34-4-2)20(28)12-27-11-16-9-15(24(31)26-37)5-7-18(16)25(27)32/h5-10,37H,3-4,11-14H2,1-2H3,(H,26,31). The lowest BCUT2D eigenvalue weighted by atomic mass is 10.1. The number of rotatable bonds is 12. The van der Waals surface area contributed by atoms with E-state index in [1.807, 2.05) is 0 Å². The predicted molar refractivity (Wildman–Crippen MR) is 133 cm³/mol. The summed E-state index contributed by atoms with van der Waals surface area (Å²) in [5.41, 5.74) is 1.44. The van der Waals surface area contributed by atoms with Crippen LogP contribution >= 0.6 is 12.8 Å². The normalized spacial score (nSPS) is 12.0. The Morgan fingerprint density at radius 2 is 1.62 bits per heavy atom. The lowest BCUT2D eigenvalue weighted by Gasteiger charge is -2.17. The van der Waals surface area contributed by atoms with Gasteiger partial charge >= 0.3 is 11.9 Å². The van der Waals surface area contributed by atoms with Crippen LogP contribution in [0.1, 0.15) is 50.5 Å². The topological polar surface area (TPSA) is 138 Å². The minimum Gasteiger partial charge on any atom is -0.482 e. The lowest BCUT2D eigenvalue weighted by molar-refractivity contribution is -0.146. The third-order valence-corrected chi connectivity index (χ3v) is 5.45. The van der Waals surface area contributed by atoms with Gasteiger partial charge in [0.15, 0.2) is 19.0 Å². The first kappa shape index (κ1) is 27.5. The SMILES string of the molecule is CCOC(=O)COc1ccc(C(=O)CN2Cc3cc(C(=O)NS)ccc3C2=O)c(OCC(=O)OCC)c1. The number of ether oxygens (including phenoxy) is 4. The summed E-state index contributed by atoms with van der Waals surface area (Å²) in [5, 5.41) is 0.